The molecule has 0 unspecified atom stereocenters. The lowest BCUT2D eigenvalue weighted by molar-refractivity contribution is 0.0135. The van der Waals surface area contributed by atoms with Crippen molar-refractivity contribution in [2.24, 2.45) is 5.41 Å². The number of nitrogens with zero attached hydrogens (tertiary/aromatic N) is 1. The van der Waals surface area contributed by atoms with Crippen molar-refractivity contribution < 1.29 is 9.53 Å². The molecule has 2 rings (SSSR count). The molecule has 0 N–H and O–H groups in total. The Balaban J connectivity index is 2.03. The highest BCUT2D eigenvalue weighted by Gasteiger charge is 2.42. The van der Waals surface area contributed by atoms with Crippen LogP contribution in [0.5, 0.6) is 0 Å². The van der Waals surface area contributed by atoms with Crippen LogP contribution in [0.4, 0.5) is 4.79 Å². The first kappa shape index (κ1) is 13.4. The summed E-state index contributed by atoms with van der Waals surface area (Å²) in [7, 11) is 0. The monoisotopic (exact) mass is 251 g/mol. The first-order chi connectivity index (χ1) is 8.32. The van der Waals surface area contributed by atoms with Gasteiger partial charge in [0.15, 0.2) is 0 Å². The summed E-state index contributed by atoms with van der Waals surface area (Å²) >= 11 is 0. The molecule has 0 aromatic carbocycles. The molecule has 18 heavy (non-hydrogen) atoms. The zero-order valence-electron chi connectivity index (χ0n) is 11.9. The predicted molar refractivity (Wildman–Crippen MR) is 72.5 cm³/mol. The lowest BCUT2D eigenvalue weighted by Gasteiger charge is -2.42. The first-order valence-electron chi connectivity index (χ1n) is 6.99. The molecular weight excluding hydrogens is 226 g/mol. The summed E-state index contributed by atoms with van der Waals surface area (Å²) in [6.45, 7) is 11.6. The minimum absolute atomic E-state index is 0.165. The summed E-state index contributed by atoms with van der Waals surface area (Å²) in [5, 5.41) is 0. The molecule has 1 aliphatic heterocycles. The molecule has 2 aliphatic rings. The molecule has 1 aliphatic carbocycles. The topological polar surface area (TPSA) is 29.5 Å². The maximum atomic E-state index is 12.1. The lowest BCUT2D eigenvalue weighted by Crippen LogP contribution is -2.47. The number of carbonyl (C=O) groups is 1. The Bertz CT molecular complexity index is 348. The molecule has 2 fully saturated rings. The molecule has 0 atom stereocenters. The smallest absolute Gasteiger partial charge is 0.410 e. The number of likely N-dealkylation sites (tertiary alicyclic amines) is 1. The molecule has 1 spiro atoms. The Morgan fingerprint density at radius 2 is 1.94 bits per heavy atom. The Hall–Kier alpha value is -0.990. The van der Waals surface area contributed by atoms with E-state index in [1.807, 2.05) is 25.7 Å². The summed E-state index contributed by atoms with van der Waals surface area (Å²) in [4.78, 5) is 14.0. The molecule has 1 amide bonds. The van der Waals surface area contributed by atoms with E-state index in [1.54, 1.807) is 0 Å². The van der Waals surface area contributed by atoms with Crippen molar-refractivity contribution in [3.05, 3.63) is 12.2 Å². The van der Waals surface area contributed by atoms with E-state index in [4.69, 9.17) is 4.74 Å². The van der Waals surface area contributed by atoms with Crippen LogP contribution >= 0.6 is 0 Å². The van der Waals surface area contributed by atoms with Crippen molar-refractivity contribution in [3.63, 3.8) is 0 Å². The van der Waals surface area contributed by atoms with Crippen LogP contribution < -0.4 is 0 Å². The Labute approximate surface area is 110 Å². The van der Waals surface area contributed by atoms with Gasteiger partial charge in [-0.1, -0.05) is 25.0 Å². The van der Waals surface area contributed by atoms with Gasteiger partial charge >= 0.3 is 6.09 Å². The van der Waals surface area contributed by atoms with Crippen molar-refractivity contribution in [2.75, 3.05) is 13.1 Å². The lowest BCUT2D eigenvalue weighted by atomic mass is 9.75. The highest BCUT2D eigenvalue weighted by atomic mass is 16.6. The zero-order valence-corrected chi connectivity index (χ0v) is 11.9. The van der Waals surface area contributed by atoms with Crippen LogP contribution in [0, 0.1) is 5.41 Å². The minimum Gasteiger partial charge on any atom is -0.444 e. The third kappa shape index (κ3) is 2.70. The van der Waals surface area contributed by atoms with Crippen molar-refractivity contribution >= 4 is 6.09 Å². The second-order valence-electron chi connectivity index (χ2n) is 6.74. The van der Waals surface area contributed by atoms with Gasteiger partial charge < -0.3 is 9.64 Å². The van der Waals surface area contributed by atoms with Gasteiger partial charge in [0.2, 0.25) is 0 Å². The second-order valence-corrected chi connectivity index (χ2v) is 6.74. The number of hydrogen-bond acceptors (Lipinski definition) is 2. The molecular formula is C15H25NO2. The number of ether oxygens (including phenoxy) is 1. The zero-order chi connectivity index (χ0) is 13.4. The predicted octanol–water partition coefficient (Wildman–Crippen LogP) is 3.74. The van der Waals surface area contributed by atoms with E-state index >= 15 is 0 Å². The number of rotatable bonds is 0. The highest BCUT2D eigenvalue weighted by Crippen LogP contribution is 2.47. The fraction of sp³-hybridized carbons (Fsp3) is 0.800. The van der Waals surface area contributed by atoms with E-state index in [2.05, 4.69) is 6.58 Å². The van der Waals surface area contributed by atoms with Crippen LogP contribution in [0.3, 0.4) is 0 Å². The van der Waals surface area contributed by atoms with Gasteiger partial charge in [0.05, 0.1) is 0 Å². The average molecular weight is 251 g/mol. The van der Waals surface area contributed by atoms with Crippen LogP contribution in [-0.4, -0.2) is 29.7 Å². The van der Waals surface area contributed by atoms with Gasteiger partial charge in [-0.15, -0.1) is 0 Å². The average Bonchev–Trinajstić information content (AvgIpc) is 2.69. The SMILES string of the molecule is C=C1CCN(C(=O)OC(C)(C)C)CC12CCCC2. The molecule has 1 saturated heterocycles. The molecule has 1 heterocycles. The molecule has 0 aromatic heterocycles. The van der Waals surface area contributed by atoms with E-state index < -0.39 is 5.60 Å². The fourth-order valence-corrected chi connectivity index (χ4v) is 3.14. The summed E-state index contributed by atoms with van der Waals surface area (Å²) in [6, 6.07) is 0. The number of piperidine rings is 1. The summed E-state index contributed by atoms with van der Waals surface area (Å²) in [5.41, 5.74) is 1.13. The van der Waals surface area contributed by atoms with Crippen LogP contribution in [0.25, 0.3) is 0 Å². The number of amides is 1. The van der Waals surface area contributed by atoms with Gasteiger partial charge in [-0.05, 0) is 40.0 Å². The van der Waals surface area contributed by atoms with Gasteiger partial charge in [0, 0.05) is 18.5 Å². The highest BCUT2D eigenvalue weighted by molar-refractivity contribution is 5.68. The van der Waals surface area contributed by atoms with E-state index in [-0.39, 0.29) is 11.5 Å². The van der Waals surface area contributed by atoms with Crippen LogP contribution in [0.2, 0.25) is 0 Å². The normalized spacial score (nSPS) is 23.5. The van der Waals surface area contributed by atoms with Crippen molar-refractivity contribution in [2.45, 2.75) is 58.5 Å². The van der Waals surface area contributed by atoms with Crippen molar-refractivity contribution in [1.82, 2.24) is 4.90 Å². The van der Waals surface area contributed by atoms with Crippen LogP contribution in [-0.2, 0) is 4.74 Å². The third-order valence-electron chi connectivity index (χ3n) is 4.14. The Morgan fingerprint density at radius 1 is 1.33 bits per heavy atom. The Kier molecular flexibility index (Phi) is 3.43. The van der Waals surface area contributed by atoms with Gasteiger partial charge in [-0.25, -0.2) is 4.79 Å². The van der Waals surface area contributed by atoms with Gasteiger partial charge in [0.25, 0.3) is 0 Å². The first-order valence-corrected chi connectivity index (χ1v) is 6.99. The fourth-order valence-electron chi connectivity index (χ4n) is 3.14. The maximum absolute atomic E-state index is 12.1. The third-order valence-corrected chi connectivity index (χ3v) is 4.14. The summed E-state index contributed by atoms with van der Waals surface area (Å²) < 4.78 is 5.47. The van der Waals surface area contributed by atoms with Crippen molar-refractivity contribution in [3.8, 4) is 0 Å². The van der Waals surface area contributed by atoms with Gasteiger partial charge in [0.1, 0.15) is 5.60 Å². The molecule has 3 heteroatoms. The minimum atomic E-state index is -0.408. The van der Waals surface area contributed by atoms with Crippen LogP contribution in [0.15, 0.2) is 12.2 Å². The Morgan fingerprint density at radius 3 is 2.50 bits per heavy atom. The summed E-state index contributed by atoms with van der Waals surface area (Å²) in [6.07, 6.45) is 5.67. The van der Waals surface area contributed by atoms with E-state index in [0.717, 1.165) is 19.5 Å². The largest absolute Gasteiger partial charge is 0.444 e. The van der Waals surface area contributed by atoms with Crippen molar-refractivity contribution in [1.29, 1.82) is 0 Å². The number of carbonyl (C=O) groups excluding carboxylic acids is 1. The van der Waals surface area contributed by atoms with Gasteiger partial charge in [-0.2, -0.15) is 0 Å². The molecule has 3 nitrogen and oxygen atoms in total. The van der Waals surface area contributed by atoms with E-state index in [0.29, 0.717) is 0 Å². The van der Waals surface area contributed by atoms with E-state index in [1.165, 1.54) is 31.3 Å². The standard InChI is InChI=1S/C15H25NO2/c1-12-7-10-16(13(17)18-14(2,3)4)11-15(12)8-5-6-9-15/h1,5-11H2,2-4H3. The maximum Gasteiger partial charge on any atom is 0.410 e. The molecule has 0 aromatic rings. The molecule has 0 radical (unpaired) electrons. The molecule has 102 valence electrons. The second kappa shape index (κ2) is 4.60. The number of hydrogen-bond donors (Lipinski definition) is 0. The van der Waals surface area contributed by atoms with Gasteiger partial charge in [-0.3, -0.25) is 0 Å². The quantitative estimate of drug-likeness (QED) is 0.614. The van der Waals surface area contributed by atoms with E-state index in [9.17, 15) is 4.79 Å². The summed E-state index contributed by atoms with van der Waals surface area (Å²) in [5.74, 6) is 0. The van der Waals surface area contributed by atoms with Crippen LogP contribution in [0.1, 0.15) is 52.9 Å². The molecule has 1 saturated carbocycles. The molecule has 0 bridgehead atoms.